The molecule has 1 aromatic carbocycles. The summed E-state index contributed by atoms with van der Waals surface area (Å²) < 4.78 is 10.4. The van der Waals surface area contributed by atoms with Gasteiger partial charge < -0.3 is 14.8 Å². The number of thiophene rings is 1. The van der Waals surface area contributed by atoms with Crippen LogP contribution < -0.4 is 14.8 Å². The van der Waals surface area contributed by atoms with Crippen molar-refractivity contribution in [3.63, 3.8) is 0 Å². The van der Waals surface area contributed by atoms with Crippen molar-refractivity contribution in [2.75, 3.05) is 19.5 Å². The highest BCUT2D eigenvalue weighted by molar-refractivity contribution is 7.10. The van der Waals surface area contributed by atoms with E-state index < -0.39 is 0 Å². The minimum Gasteiger partial charge on any atom is -0.493 e. The van der Waals surface area contributed by atoms with Gasteiger partial charge in [-0.2, -0.15) is 5.26 Å². The Hall–Kier alpha value is -2.19. The van der Waals surface area contributed by atoms with Crippen LogP contribution in [0.25, 0.3) is 0 Å². The molecule has 0 amide bonds. The molecule has 2 rings (SSSR count). The average molecular weight is 274 g/mol. The molecule has 0 aliphatic carbocycles. The van der Waals surface area contributed by atoms with E-state index in [-0.39, 0.29) is 0 Å². The molecule has 0 saturated carbocycles. The molecule has 0 saturated heterocycles. The predicted molar refractivity (Wildman–Crippen MR) is 75.9 cm³/mol. The second-order valence-electron chi connectivity index (χ2n) is 3.84. The van der Waals surface area contributed by atoms with Crippen LogP contribution in [-0.2, 0) is 6.54 Å². The molecule has 0 unspecified atom stereocenters. The van der Waals surface area contributed by atoms with E-state index in [0.29, 0.717) is 23.6 Å². The summed E-state index contributed by atoms with van der Waals surface area (Å²) in [5.41, 5.74) is 1.65. The quantitative estimate of drug-likeness (QED) is 0.909. The summed E-state index contributed by atoms with van der Waals surface area (Å²) in [4.78, 5) is 1.12. The highest BCUT2D eigenvalue weighted by Crippen LogP contribution is 2.30. The normalized spacial score (nSPS) is 9.74. The van der Waals surface area contributed by atoms with Crippen molar-refractivity contribution < 1.29 is 9.47 Å². The van der Waals surface area contributed by atoms with Crippen LogP contribution in [0.5, 0.6) is 11.5 Å². The standard InChI is InChI=1S/C14H14N2O2S/c1-17-13-4-3-11(6-14(13)18-2)16-8-12-5-10(7-15)9-19-12/h3-6,9,16H,8H2,1-2H3. The highest BCUT2D eigenvalue weighted by atomic mass is 32.1. The van der Waals surface area contributed by atoms with E-state index in [2.05, 4.69) is 11.4 Å². The van der Waals surface area contributed by atoms with Crippen molar-refractivity contribution in [1.82, 2.24) is 0 Å². The van der Waals surface area contributed by atoms with Gasteiger partial charge in [-0.25, -0.2) is 0 Å². The topological polar surface area (TPSA) is 54.3 Å². The minimum atomic E-state index is 0.682. The summed E-state index contributed by atoms with van der Waals surface area (Å²) >= 11 is 1.57. The molecule has 1 N–H and O–H groups in total. The lowest BCUT2D eigenvalue weighted by Crippen LogP contribution is -1.98. The van der Waals surface area contributed by atoms with Crippen molar-refractivity contribution in [2.24, 2.45) is 0 Å². The fraction of sp³-hybridized carbons (Fsp3) is 0.214. The smallest absolute Gasteiger partial charge is 0.162 e. The summed E-state index contributed by atoms with van der Waals surface area (Å²) in [7, 11) is 3.22. The molecule has 1 heterocycles. The van der Waals surface area contributed by atoms with Crippen LogP contribution in [0.15, 0.2) is 29.6 Å². The van der Waals surface area contributed by atoms with E-state index in [4.69, 9.17) is 14.7 Å². The third-order valence-corrected chi connectivity index (χ3v) is 3.57. The Morgan fingerprint density at radius 3 is 2.63 bits per heavy atom. The number of hydrogen-bond acceptors (Lipinski definition) is 5. The van der Waals surface area contributed by atoms with Crippen molar-refractivity contribution >= 4 is 17.0 Å². The van der Waals surface area contributed by atoms with Crippen LogP contribution in [-0.4, -0.2) is 14.2 Å². The first-order valence-corrected chi connectivity index (χ1v) is 6.58. The van der Waals surface area contributed by atoms with E-state index >= 15 is 0 Å². The zero-order valence-corrected chi connectivity index (χ0v) is 11.6. The summed E-state index contributed by atoms with van der Waals surface area (Å²) in [5.74, 6) is 1.40. The van der Waals surface area contributed by atoms with Crippen molar-refractivity contribution in [2.45, 2.75) is 6.54 Å². The van der Waals surface area contributed by atoms with E-state index in [0.717, 1.165) is 10.6 Å². The third-order valence-electron chi connectivity index (χ3n) is 2.63. The highest BCUT2D eigenvalue weighted by Gasteiger charge is 2.05. The molecule has 4 nitrogen and oxygen atoms in total. The Balaban J connectivity index is 2.05. The second kappa shape index (κ2) is 6.12. The zero-order valence-electron chi connectivity index (χ0n) is 10.8. The van der Waals surface area contributed by atoms with Crippen LogP contribution in [0.2, 0.25) is 0 Å². The number of hydrogen-bond donors (Lipinski definition) is 1. The summed E-state index contributed by atoms with van der Waals surface area (Å²) in [6.45, 7) is 0.682. The van der Waals surface area contributed by atoms with Gasteiger partial charge in [-0.15, -0.1) is 11.3 Å². The number of ether oxygens (including phenoxy) is 2. The second-order valence-corrected chi connectivity index (χ2v) is 4.83. The molecule has 1 aromatic heterocycles. The first kappa shape index (κ1) is 13.2. The maximum absolute atomic E-state index is 8.77. The fourth-order valence-corrected chi connectivity index (χ4v) is 2.42. The Morgan fingerprint density at radius 2 is 2.00 bits per heavy atom. The third kappa shape index (κ3) is 3.18. The summed E-state index contributed by atoms with van der Waals surface area (Å²) in [5, 5.41) is 13.9. The first-order valence-electron chi connectivity index (χ1n) is 5.70. The van der Waals surface area contributed by atoms with Crippen molar-refractivity contribution in [3.05, 3.63) is 40.1 Å². The number of benzene rings is 1. The van der Waals surface area contributed by atoms with Gasteiger partial charge in [-0.05, 0) is 18.2 Å². The molecule has 0 aliphatic heterocycles. The lowest BCUT2D eigenvalue weighted by atomic mass is 10.2. The van der Waals surface area contributed by atoms with Crippen LogP contribution in [0.3, 0.4) is 0 Å². The SMILES string of the molecule is COc1ccc(NCc2cc(C#N)cs2)cc1OC. The maximum atomic E-state index is 8.77. The summed E-state index contributed by atoms with van der Waals surface area (Å²) in [6, 6.07) is 9.69. The van der Waals surface area contributed by atoms with Gasteiger partial charge in [0.05, 0.1) is 19.8 Å². The van der Waals surface area contributed by atoms with E-state index in [1.807, 2.05) is 29.6 Å². The van der Waals surface area contributed by atoms with Gasteiger partial charge in [0.25, 0.3) is 0 Å². The minimum absolute atomic E-state index is 0.682. The molecule has 0 aliphatic rings. The van der Waals surface area contributed by atoms with E-state index in [9.17, 15) is 0 Å². The van der Waals surface area contributed by atoms with Gasteiger partial charge in [-0.1, -0.05) is 0 Å². The van der Waals surface area contributed by atoms with Crippen LogP contribution in [0, 0.1) is 11.3 Å². The number of rotatable bonds is 5. The van der Waals surface area contributed by atoms with Crippen LogP contribution in [0.1, 0.15) is 10.4 Å². The van der Waals surface area contributed by atoms with Gasteiger partial charge in [0.1, 0.15) is 6.07 Å². The summed E-state index contributed by atoms with van der Waals surface area (Å²) in [6.07, 6.45) is 0. The Morgan fingerprint density at radius 1 is 1.21 bits per heavy atom. The molecule has 5 heteroatoms. The lowest BCUT2D eigenvalue weighted by Gasteiger charge is -2.10. The number of nitrogens with zero attached hydrogens (tertiary/aromatic N) is 1. The van der Waals surface area contributed by atoms with Gasteiger partial charge in [-0.3, -0.25) is 0 Å². The molecule has 0 radical (unpaired) electrons. The molecule has 0 spiro atoms. The number of nitrogens with one attached hydrogen (secondary N) is 1. The molecule has 0 bridgehead atoms. The van der Waals surface area contributed by atoms with Crippen LogP contribution >= 0.6 is 11.3 Å². The Kier molecular flexibility index (Phi) is 4.26. The van der Waals surface area contributed by atoms with E-state index in [1.165, 1.54) is 0 Å². The first-order chi connectivity index (χ1) is 9.26. The molecular formula is C14H14N2O2S. The molecule has 19 heavy (non-hydrogen) atoms. The number of nitriles is 1. The molecule has 0 atom stereocenters. The van der Waals surface area contributed by atoms with Gasteiger partial charge in [0.2, 0.25) is 0 Å². The monoisotopic (exact) mass is 274 g/mol. The number of anilines is 1. The van der Waals surface area contributed by atoms with Crippen molar-refractivity contribution in [1.29, 1.82) is 5.26 Å². The number of methoxy groups -OCH3 is 2. The lowest BCUT2D eigenvalue weighted by molar-refractivity contribution is 0.355. The molecular weight excluding hydrogens is 260 g/mol. The van der Waals surface area contributed by atoms with Crippen molar-refractivity contribution in [3.8, 4) is 17.6 Å². The average Bonchev–Trinajstić information content (AvgIpc) is 2.92. The van der Waals surface area contributed by atoms with Gasteiger partial charge >= 0.3 is 0 Å². The van der Waals surface area contributed by atoms with Gasteiger partial charge in [0, 0.05) is 28.6 Å². The largest absolute Gasteiger partial charge is 0.493 e. The Bertz CT molecular complexity index is 602. The Labute approximate surface area is 116 Å². The van der Waals surface area contributed by atoms with Gasteiger partial charge in [0.15, 0.2) is 11.5 Å². The van der Waals surface area contributed by atoms with Crippen LogP contribution in [0.4, 0.5) is 5.69 Å². The molecule has 98 valence electrons. The maximum Gasteiger partial charge on any atom is 0.162 e. The molecule has 2 aromatic rings. The fourth-order valence-electron chi connectivity index (χ4n) is 1.67. The predicted octanol–water partition coefficient (Wildman–Crippen LogP) is 3.25. The van der Waals surface area contributed by atoms with E-state index in [1.54, 1.807) is 25.6 Å². The zero-order chi connectivity index (χ0) is 13.7. The molecule has 0 fully saturated rings.